The lowest BCUT2D eigenvalue weighted by Crippen LogP contribution is -2.34. The van der Waals surface area contributed by atoms with Crippen molar-refractivity contribution >= 4 is 0 Å². The Balaban J connectivity index is 1.83. The lowest BCUT2D eigenvalue weighted by atomic mass is 9.76. The first kappa shape index (κ1) is 16.1. The van der Waals surface area contributed by atoms with Crippen molar-refractivity contribution in [2.24, 2.45) is 0 Å². The Hall–Kier alpha value is -2.36. The average Bonchev–Trinajstić information content (AvgIpc) is 2.79. The van der Waals surface area contributed by atoms with Gasteiger partial charge in [0.25, 0.3) is 0 Å². The Kier molecular flexibility index (Phi) is 3.98. The zero-order valence-electron chi connectivity index (χ0n) is 14.7. The molecule has 1 heterocycles. The second-order valence-corrected chi connectivity index (χ2v) is 6.93. The van der Waals surface area contributed by atoms with Crippen molar-refractivity contribution in [1.29, 1.82) is 0 Å². The Labute approximate surface area is 148 Å². The molecule has 0 bridgehead atoms. The van der Waals surface area contributed by atoms with E-state index in [0.29, 0.717) is 5.75 Å². The number of phenolic OH excluding ortho intramolecular Hbond substituents is 1. The molecule has 4 heteroatoms. The normalized spacial score (nSPS) is 24.6. The maximum absolute atomic E-state index is 10.3. The highest BCUT2D eigenvalue weighted by Crippen LogP contribution is 2.58. The van der Waals surface area contributed by atoms with Gasteiger partial charge in [-0.2, -0.15) is 0 Å². The Morgan fingerprint density at radius 2 is 1.84 bits per heavy atom. The number of phenols is 1. The zero-order chi connectivity index (χ0) is 17.4. The van der Waals surface area contributed by atoms with E-state index in [9.17, 15) is 5.11 Å². The second-order valence-electron chi connectivity index (χ2n) is 6.93. The van der Waals surface area contributed by atoms with Gasteiger partial charge in [-0.25, -0.2) is 0 Å². The van der Waals surface area contributed by atoms with Crippen LogP contribution in [0.5, 0.6) is 23.0 Å². The van der Waals surface area contributed by atoms with Crippen LogP contribution in [-0.2, 0) is 5.60 Å². The number of ether oxygens (including phenoxy) is 3. The second kappa shape index (κ2) is 6.17. The van der Waals surface area contributed by atoms with E-state index in [1.165, 1.54) is 18.4 Å². The summed E-state index contributed by atoms with van der Waals surface area (Å²) in [6.45, 7) is 0. The fourth-order valence-electron chi connectivity index (χ4n) is 4.41. The molecule has 25 heavy (non-hydrogen) atoms. The van der Waals surface area contributed by atoms with Crippen molar-refractivity contribution < 1.29 is 19.3 Å². The molecule has 1 aliphatic heterocycles. The van der Waals surface area contributed by atoms with E-state index in [2.05, 4.69) is 12.1 Å². The van der Waals surface area contributed by atoms with E-state index >= 15 is 0 Å². The fourth-order valence-corrected chi connectivity index (χ4v) is 4.41. The van der Waals surface area contributed by atoms with Crippen LogP contribution in [0, 0.1) is 0 Å². The molecule has 1 fully saturated rings. The molecule has 1 N–H and O–H groups in total. The fraction of sp³-hybridized carbons (Fsp3) is 0.429. The highest BCUT2D eigenvalue weighted by molar-refractivity contribution is 5.56. The number of hydrogen-bond acceptors (Lipinski definition) is 4. The number of hydrogen-bond donors (Lipinski definition) is 1. The zero-order valence-corrected chi connectivity index (χ0v) is 14.7. The molecule has 132 valence electrons. The highest BCUT2D eigenvalue weighted by Gasteiger charge is 2.50. The highest BCUT2D eigenvalue weighted by atomic mass is 16.5. The van der Waals surface area contributed by atoms with Gasteiger partial charge in [-0.15, -0.1) is 0 Å². The Morgan fingerprint density at radius 1 is 1.04 bits per heavy atom. The molecule has 2 aliphatic rings. The first-order valence-electron chi connectivity index (χ1n) is 8.92. The van der Waals surface area contributed by atoms with Crippen molar-refractivity contribution in [2.45, 2.75) is 43.6 Å². The van der Waals surface area contributed by atoms with Crippen LogP contribution in [0.15, 0.2) is 36.4 Å². The van der Waals surface area contributed by atoms with Gasteiger partial charge in [0.2, 0.25) is 0 Å². The molecule has 1 saturated carbocycles. The number of methoxy groups -OCH3 is 2. The molecule has 0 unspecified atom stereocenters. The predicted molar refractivity (Wildman–Crippen MR) is 95.8 cm³/mol. The SMILES string of the molecule is COc1ccc([C@]23CCCCC[C@H]2c2cc(O)c(OC)cc2O3)cc1. The molecule has 0 amide bonds. The van der Waals surface area contributed by atoms with Crippen LogP contribution < -0.4 is 14.2 Å². The van der Waals surface area contributed by atoms with Gasteiger partial charge >= 0.3 is 0 Å². The third-order valence-corrected chi connectivity index (χ3v) is 5.66. The van der Waals surface area contributed by atoms with Crippen LogP contribution >= 0.6 is 0 Å². The van der Waals surface area contributed by atoms with Crippen LogP contribution in [0.2, 0.25) is 0 Å². The lowest BCUT2D eigenvalue weighted by Gasteiger charge is -2.34. The third-order valence-electron chi connectivity index (χ3n) is 5.66. The molecule has 0 aromatic heterocycles. The van der Waals surface area contributed by atoms with Gasteiger partial charge in [-0.3, -0.25) is 0 Å². The van der Waals surface area contributed by atoms with Crippen molar-refractivity contribution in [3.8, 4) is 23.0 Å². The van der Waals surface area contributed by atoms with Gasteiger partial charge in [0.15, 0.2) is 11.5 Å². The lowest BCUT2D eigenvalue weighted by molar-refractivity contribution is 0.0570. The maximum Gasteiger partial charge on any atom is 0.164 e. The van der Waals surface area contributed by atoms with Crippen LogP contribution in [0.25, 0.3) is 0 Å². The molecule has 1 aliphatic carbocycles. The number of rotatable bonds is 3. The van der Waals surface area contributed by atoms with E-state index in [4.69, 9.17) is 14.2 Å². The number of benzene rings is 2. The topological polar surface area (TPSA) is 47.9 Å². The molecule has 2 atom stereocenters. The molecule has 0 radical (unpaired) electrons. The molecular formula is C21H24O4. The van der Waals surface area contributed by atoms with Crippen molar-refractivity contribution in [1.82, 2.24) is 0 Å². The molecule has 4 nitrogen and oxygen atoms in total. The van der Waals surface area contributed by atoms with Gasteiger partial charge in [0.05, 0.1) is 14.2 Å². The summed E-state index contributed by atoms with van der Waals surface area (Å²) in [5.41, 5.74) is 1.90. The van der Waals surface area contributed by atoms with Crippen molar-refractivity contribution in [2.75, 3.05) is 14.2 Å². The molecule has 2 aromatic carbocycles. The van der Waals surface area contributed by atoms with Crippen LogP contribution in [-0.4, -0.2) is 19.3 Å². The van der Waals surface area contributed by atoms with Crippen LogP contribution in [0.4, 0.5) is 0 Å². The minimum atomic E-state index is -0.371. The first-order chi connectivity index (χ1) is 12.2. The molecular weight excluding hydrogens is 316 g/mol. The summed E-state index contributed by atoms with van der Waals surface area (Å²) in [5, 5.41) is 10.3. The number of aromatic hydroxyl groups is 1. The maximum atomic E-state index is 10.3. The standard InChI is InChI=1S/C21H24O4/c1-23-15-9-7-14(8-10-15)21-11-5-3-4-6-17(21)16-12-18(22)20(24-2)13-19(16)25-21/h7-10,12-13,17,22H,3-6,11H2,1-2H3/t17-,21+/m0/s1. The molecule has 0 spiro atoms. The quantitative estimate of drug-likeness (QED) is 0.876. The summed E-state index contributed by atoms with van der Waals surface area (Å²) in [4.78, 5) is 0. The van der Waals surface area contributed by atoms with Crippen LogP contribution in [0.3, 0.4) is 0 Å². The summed E-state index contributed by atoms with van der Waals surface area (Å²) in [7, 11) is 3.24. The Bertz CT molecular complexity index is 768. The molecule has 0 saturated heterocycles. The molecule has 4 rings (SSSR count). The minimum Gasteiger partial charge on any atom is -0.504 e. The Morgan fingerprint density at radius 3 is 2.56 bits per heavy atom. The van der Waals surface area contributed by atoms with E-state index in [1.807, 2.05) is 24.3 Å². The summed E-state index contributed by atoms with van der Waals surface area (Å²) >= 11 is 0. The van der Waals surface area contributed by atoms with E-state index in [0.717, 1.165) is 36.3 Å². The first-order valence-corrected chi connectivity index (χ1v) is 8.92. The largest absolute Gasteiger partial charge is 0.504 e. The van der Waals surface area contributed by atoms with Gasteiger partial charge in [-0.1, -0.05) is 25.0 Å². The summed E-state index contributed by atoms with van der Waals surface area (Å²) in [5.74, 6) is 2.56. The van der Waals surface area contributed by atoms with Gasteiger partial charge < -0.3 is 19.3 Å². The minimum absolute atomic E-state index is 0.180. The third kappa shape index (κ3) is 2.51. The van der Waals surface area contributed by atoms with Gasteiger partial charge in [0, 0.05) is 17.5 Å². The van der Waals surface area contributed by atoms with E-state index < -0.39 is 0 Å². The summed E-state index contributed by atoms with van der Waals surface area (Å²) < 4.78 is 17.2. The van der Waals surface area contributed by atoms with Crippen molar-refractivity contribution in [3.05, 3.63) is 47.5 Å². The summed E-state index contributed by atoms with van der Waals surface area (Å²) in [6.07, 6.45) is 5.57. The van der Waals surface area contributed by atoms with Gasteiger partial charge in [0.1, 0.15) is 17.1 Å². The molecule has 2 aromatic rings. The average molecular weight is 340 g/mol. The van der Waals surface area contributed by atoms with E-state index in [1.54, 1.807) is 14.2 Å². The van der Waals surface area contributed by atoms with Crippen molar-refractivity contribution in [3.63, 3.8) is 0 Å². The van der Waals surface area contributed by atoms with Crippen LogP contribution in [0.1, 0.15) is 49.1 Å². The smallest absolute Gasteiger partial charge is 0.164 e. The predicted octanol–water partition coefficient (Wildman–Crippen LogP) is 4.75. The monoisotopic (exact) mass is 340 g/mol. The number of fused-ring (bicyclic) bond motifs is 3. The van der Waals surface area contributed by atoms with E-state index in [-0.39, 0.29) is 17.3 Å². The summed E-state index contributed by atoms with van der Waals surface area (Å²) in [6, 6.07) is 11.9. The van der Waals surface area contributed by atoms with Gasteiger partial charge in [-0.05, 0) is 43.0 Å².